The molecule has 0 amide bonds. The number of benzene rings is 2. The van der Waals surface area contributed by atoms with E-state index in [4.69, 9.17) is 10.00 Å². The van der Waals surface area contributed by atoms with Gasteiger partial charge in [0, 0.05) is 17.9 Å². The van der Waals surface area contributed by atoms with Crippen LogP contribution in [0.15, 0.2) is 66.3 Å². The normalized spacial score (nSPS) is 12.2. The smallest absolute Gasteiger partial charge is 0.191 e. The number of rotatable bonds is 10. The summed E-state index contributed by atoms with van der Waals surface area (Å²) >= 11 is 1.44. The number of hydrogen-bond acceptors (Lipinski definition) is 6. The van der Waals surface area contributed by atoms with Gasteiger partial charge in [0.1, 0.15) is 12.4 Å². The fourth-order valence-electron chi connectivity index (χ4n) is 3.23. The molecule has 1 N–H and O–H groups in total. The van der Waals surface area contributed by atoms with Crippen LogP contribution in [0.5, 0.6) is 5.75 Å². The summed E-state index contributed by atoms with van der Waals surface area (Å²) < 4.78 is 7.68. The molecule has 33 heavy (non-hydrogen) atoms. The zero-order valence-electron chi connectivity index (χ0n) is 19.4. The number of ether oxygens (including phenoxy) is 1. The first-order chi connectivity index (χ1) is 15.8. The van der Waals surface area contributed by atoms with Crippen LogP contribution >= 0.6 is 11.8 Å². The second kappa shape index (κ2) is 11.2. The molecule has 0 aliphatic heterocycles. The van der Waals surface area contributed by atoms with Crippen LogP contribution in [0.2, 0.25) is 0 Å². The Bertz CT molecular complexity index is 1090. The van der Waals surface area contributed by atoms with E-state index < -0.39 is 6.10 Å². The summed E-state index contributed by atoms with van der Waals surface area (Å²) in [6.45, 7) is 11.2. The number of allylic oxidation sites excluding steroid dienone is 1. The first-order valence-electron chi connectivity index (χ1n) is 10.9. The molecule has 0 aliphatic rings. The minimum Gasteiger partial charge on any atom is -0.491 e. The van der Waals surface area contributed by atoms with Crippen LogP contribution in [0, 0.1) is 11.3 Å². The SMILES string of the molecule is C=CCn1c(SC[C@H](O)COc2ccc(CC#N)cc2)nnc1-c1ccc(C(C)(C)C)cc1. The number of hydrogen-bond donors (Lipinski definition) is 1. The Labute approximate surface area is 199 Å². The molecule has 172 valence electrons. The number of aliphatic hydroxyl groups is 1. The van der Waals surface area contributed by atoms with Gasteiger partial charge in [0.15, 0.2) is 11.0 Å². The van der Waals surface area contributed by atoms with Crippen molar-refractivity contribution < 1.29 is 9.84 Å². The van der Waals surface area contributed by atoms with Gasteiger partial charge in [0.05, 0.1) is 18.6 Å². The molecule has 0 saturated carbocycles. The molecule has 0 unspecified atom stereocenters. The molecule has 0 radical (unpaired) electrons. The van der Waals surface area contributed by atoms with Crippen LogP contribution in [0.25, 0.3) is 11.4 Å². The van der Waals surface area contributed by atoms with Crippen molar-refractivity contribution in [1.29, 1.82) is 5.26 Å². The van der Waals surface area contributed by atoms with Gasteiger partial charge in [0.25, 0.3) is 0 Å². The molecule has 1 atom stereocenters. The standard InChI is InChI=1S/C26H30N4O2S/c1-5-16-30-24(20-8-10-21(11-9-20)26(2,3)4)28-29-25(30)33-18-22(31)17-32-23-12-6-19(7-13-23)14-15-27/h5-13,22,31H,1,14,16-18H2,2-4H3/t22-/m1/s1. The molecule has 0 spiro atoms. The van der Waals surface area contributed by atoms with E-state index >= 15 is 0 Å². The van der Waals surface area contributed by atoms with Crippen molar-refractivity contribution in [1.82, 2.24) is 14.8 Å². The van der Waals surface area contributed by atoms with Crippen LogP contribution in [0.3, 0.4) is 0 Å². The number of aromatic nitrogens is 3. The van der Waals surface area contributed by atoms with Crippen LogP contribution in [-0.2, 0) is 18.4 Å². The first-order valence-corrected chi connectivity index (χ1v) is 11.8. The highest BCUT2D eigenvalue weighted by molar-refractivity contribution is 7.99. The summed E-state index contributed by atoms with van der Waals surface area (Å²) in [6.07, 6.45) is 1.51. The van der Waals surface area contributed by atoms with Gasteiger partial charge in [-0.2, -0.15) is 5.26 Å². The zero-order chi connectivity index (χ0) is 23.8. The molecule has 6 nitrogen and oxygen atoms in total. The molecule has 1 heterocycles. The van der Waals surface area contributed by atoms with Gasteiger partial charge in [-0.25, -0.2) is 0 Å². The van der Waals surface area contributed by atoms with Gasteiger partial charge in [-0.15, -0.1) is 16.8 Å². The lowest BCUT2D eigenvalue weighted by atomic mass is 9.87. The highest BCUT2D eigenvalue weighted by Gasteiger charge is 2.17. The van der Waals surface area contributed by atoms with Gasteiger partial charge in [-0.3, -0.25) is 4.57 Å². The van der Waals surface area contributed by atoms with Crippen molar-refractivity contribution in [3.05, 3.63) is 72.3 Å². The lowest BCUT2D eigenvalue weighted by Gasteiger charge is -2.19. The topological polar surface area (TPSA) is 84.0 Å². The number of nitrogens with zero attached hydrogens (tertiary/aromatic N) is 4. The van der Waals surface area contributed by atoms with Gasteiger partial charge in [0.2, 0.25) is 0 Å². The molecular weight excluding hydrogens is 432 g/mol. The molecule has 2 aromatic carbocycles. The molecule has 1 aromatic heterocycles. The van der Waals surface area contributed by atoms with E-state index in [1.807, 2.05) is 34.9 Å². The van der Waals surface area contributed by atoms with Crippen molar-refractivity contribution in [2.75, 3.05) is 12.4 Å². The quantitative estimate of drug-likeness (QED) is 0.336. The fourth-order valence-corrected chi connectivity index (χ4v) is 4.08. The van der Waals surface area contributed by atoms with Crippen molar-refractivity contribution in [3.63, 3.8) is 0 Å². The third kappa shape index (κ3) is 6.70. The van der Waals surface area contributed by atoms with Crippen molar-refractivity contribution in [2.45, 2.75) is 50.4 Å². The Morgan fingerprint density at radius 1 is 1.15 bits per heavy atom. The molecular formula is C26H30N4O2S. The molecule has 3 rings (SSSR count). The second-order valence-corrected chi connectivity index (χ2v) is 9.77. The summed E-state index contributed by atoms with van der Waals surface area (Å²) in [6, 6.07) is 17.8. The predicted octanol–water partition coefficient (Wildman–Crippen LogP) is 5.03. The van der Waals surface area contributed by atoms with E-state index in [9.17, 15) is 5.11 Å². The Morgan fingerprint density at radius 3 is 2.45 bits per heavy atom. The maximum atomic E-state index is 10.4. The monoisotopic (exact) mass is 462 g/mol. The molecule has 7 heteroatoms. The summed E-state index contributed by atoms with van der Waals surface area (Å²) in [5.74, 6) is 1.86. The second-order valence-electron chi connectivity index (χ2n) is 8.79. The summed E-state index contributed by atoms with van der Waals surface area (Å²) in [5.41, 5.74) is 3.28. The van der Waals surface area contributed by atoms with Crippen molar-refractivity contribution in [2.24, 2.45) is 0 Å². The maximum Gasteiger partial charge on any atom is 0.191 e. The number of thioether (sulfide) groups is 1. The van der Waals surface area contributed by atoms with E-state index in [1.165, 1.54) is 17.3 Å². The fraction of sp³-hybridized carbons (Fsp3) is 0.346. The molecule has 0 bridgehead atoms. The Morgan fingerprint density at radius 2 is 1.85 bits per heavy atom. The lowest BCUT2D eigenvalue weighted by Crippen LogP contribution is -2.20. The third-order valence-corrected chi connectivity index (χ3v) is 6.20. The Balaban J connectivity index is 1.62. The van der Waals surface area contributed by atoms with Crippen LogP contribution < -0.4 is 4.74 Å². The van der Waals surface area contributed by atoms with Gasteiger partial charge in [-0.05, 0) is 28.7 Å². The largest absolute Gasteiger partial charge is 0.491 e. The van der Waals surface area contributed by atoms with Gasteiger partial charge >= 0.3 is 0 Å². The van der Waals surface area contributed by atoms with E-state index in [1.54, 1.807) is 0 Å². The van der Waals surface area contributed by atoms with Crippen molar-refractivity contribution >= 4 is 11.8 Å². The van der Waals surface area contributed by atoms with E-state index in [-0.39, 0.29) is 12.0 Å². The van der Waals surface area contributed by atoms with Crippen LogP contribution in [-0.4, -0.2) is 38.3 Å². The van der Waals surface area contributed by atoms with Crippen LogP contribution in [0.1, 0.15) is 31.9 Å². The molecule has 0 saturated heterocycles. The zero-order valence-corrected chi connectivity index (χ0v) is 20.2. The number of nitriles is 1. The maximum absolute atomic E-state index is 10.4. The van der Waals surface area contributed by atoms with E-state index in [0.717, 1.165) is 22.1 Å². The number of aliphatic hydroxyl groups excluding tert-OH is 1. The Hall–Kier alpha value is -3.08. The van der Waals surface area contributed by atoms with Crippen molar-refractivity contribution in [3.8, 4) is 23.2 Å². The van der Waals surface area contributed by atoms with Crippen LogP contribution in [0.4, 0.5) is 0 Å². The predicted molar refractivity (Wildman–Crippen MR) is 132 cm³/mol. The first kappa shape index (κ1) is 24.6. The van der Waals surface area contributed by atoms with E-state index in [0.29, 0.717) is 24.5 Å². The minimum atomic E-state index is -0.669. The third-order valence-electron chi connectivity index (χ3n) is 5.09. The highest BCUT2D eigenvalue weighted by atomic mass is 32.2. The minimum absolute atomic E-state index is 0.0885. The summed E-state index contributed by atoms with van der Waals surface area (Å²) in [4.78, 5) is 0. The molecule has 3 aromatic rings. The molecule has 0 aliphatic carbocycles. The highest BCUT2D eigenvalue weighted by Crippen LogP contribution is 2.28. The van der Waals surface area contributed by atoms with Gasteiger partial charge < -0.3 is 9.84 Å². The summed E-state index contributed by atoms with van der Waals surface area (Å²) in [7, 11) is 0. The lowest BCUT2D eigenvalue weighted by molar-refractivity contribution is 0.126. The average Bonchev–Trinajstić information content (AvgIpc) is 3.20. The average molecular weight is 463 g/mol. The molecule has 0 fully saturated rings. The van der Waals surface area contributed by atoms with E-state index in [2.05, 4.69) is 67.9 Å². The Kier molecular flexibility index (Phi) is 8.32. The van der Waals surface area contributed by atoms with Gasteiger partial charge in [-0.1, -0.05) is 75.0 Å². The summed E-state index contributed by atoms with van der Waals surface area (Å²) in [5, 5.41) is 28.6.